The third-order valence-electron chi connectivity index (χ3n) is 9.47. The Kier molecular flexibility index (Phi) is 10.9. The Bertz CT molecular complexity index is 1800. The van der Waals surface area contributed by atoms with Crippen LogP contribution in [0.2, 0.25) is 0 Å². The van der Waals surface area contributed by atoms with Crippen LogP contribution in [0.15, 0.2) is 41.3 Å². The van der Waals surface area contributed by atoms with Crippen molar-refractivity contribution in [3.63, 3.8) is 0 Å². The largest absolute Gasteiger partial charge is 0.481 e. The van der Waals surface area contributed by atoms with E-state index in [-0.39, 0.29) is 47.7 Å². The van der Waals surface area contributed by atoms with Crippen molar-refractivity contribution in [3.05, 3.63) is 91.9 Å². The molecule has 0 aliphatic carbocycles. The molecule has 3 fully saturated rings. The molecular weight excluding hydrogens is 661 g/mol. The molecule has 2 N–H and O–H groups in total. The maximum absolute atomic E-state index is 15.8. The number of amides is 1. The van der Waals surface area contributed by atoms with Crippen molar-refractivity contribution in [2.24, 2.45) is 5.92 Å². The summed E-state index contributed by atoms with van der Waals surface area (Å²) in [5.41, 5.74) is -0.0147. The number of morpholine rings is 1. The van der Waals surface area contributed by atoms with Gasteiger partial charge in [0.25, 0.3) is 5.56 Å². The van der Waals surface area contributed by atoms with Crippen molar-refractivity contribution in [1.29, 1.82) is 0 Å². The van der Waals surface area contributed by atoms with Crippen LogP contribution in [-0.2, 0) is 26.9 Å². The second-order valence-corrected chi connectivity index (χ2v) is 14.0. The van der Waals surface area contributed by atoms with E-state index in [1.54, 1.807) is 33.8 Å². The van der Waals surface area contributed by atoms with Gasteiger partial charge >= 0.3 is 12.1 Å². The predicted octanol–water partition coefficient (Wildman–Crippen LogP) is 6.67. The van der Waals surface area contributed by atoms with E-state index in [1.165, 1.54) is 25.1 Å². The van der Waals surface area contributed by atoms with Crippen molar-refractivity contribution < 1.29 is 41.4 Å². The summed E-state index contributed by atoms with van der Waals surface area (Å²) in [6, 6.07) is 3.38. The average molecular weight is 704 g/mol. The van der Waals surface area contributed by atoms with E-state index in [2.05, 4.69) is 5.32 Å². The molecule has 2 unspecified atom stereocenters. The minimum atomic E-state index is -4.81. The highest BCUT2D eigenvalue weighted by Crippen LogP contribution is 2.36. The zero-order chi connectivity index (χ0) is 36.7. The molecule has 8 nitrogen and oxygen atoms in total. The Labute approximate surface area is 287 Å². The van der Waals surface area contributed by atoms with Gasteiger partial charge in [-0.1, -0.05) is 13.8 Å². The van der Waals surface area contributed by atoms with E-state index in [0.29, 0.717) is 48.0 Å². The van der Waals surface area contributed by atoms with Crippen LogP contribution >= 0.6 is 0 Å². The van der Waals surface area contributed by atoms with Crippen molar-refractivity contribution >= 4 is 11.9 Å². The zero-order valence-electron chi connectivity index (χ0n) is 28.7. The molecule has 2 aromatic carbocycles. The second-order valence-electron chi connectivity index (χ2n) is 14.0. The highest BCUT2D eigenvalue weighted by atomic mass is 19.4. The molecule has 2 bridgehead atoms. The highest BCUT2D eigenvalue weighted by Gasteiger charge is 2.39. The molecule has 1 amide bonds. The van der Waals surface area contributed by atoms with E-state index in [1.807, 2.05) is 4.90 Å². The number of piperidine rings is 1. The lowest BCUT2D eigenvalue weighted by Gasteiger charge is -2.47. The molecule has 3 aromatic rings. The summed E-state index contributed by atoms with van der Waals surface area (Å²) in [7, 11) is 0. The van der Waals surface area contributed by atoms with E-state index in [0.717, 1.165) is 17.2 Å². The number of halogens is 5. The summed E-state index contributed by atoms with van der Waals surface area (Å²) in [6.07, 6.45) is -3.44. The number of nitrogens with zero attached hydrogens (tertiary/aromatic N) is 2. The maximum atomic E-state index is 15.8. The van der Waals surface area contributed by atoms with Gasteiger partial charge in [0.2, 0.25) is 5.91 Å². The van der Waals surface area contributed by atoms with Crippen LogP contribution < -0.4 is 10.9 Å². The Balaban J connectivity index is 1.51. The van der Waals surface area contributed by atoms with Crippen molar-refractivity contribution in [2.45, 2.75) is 90.8 Å². The number of carbonyl (C=O) groups excluding carboxylic acids is 1. The number of hydrogen-bond donors (Lipinski definition) is 2. The minimum Gasteiger partial charge on any atom is -0.481 e. The molecule has 0 spiro atoms. The first kappa shape index (κ1) is 37.2. The fourth-order valence-electron chi connectivity index (χ4n) is 7.23. The van der Waals surface area contributed by atoms with Gasteiger partial charge in [-0.05, 0) is 97.2 Å². The lowest BCUT2D eigenvalue weighted by Crippen LogP contribution is -2.57. The number of nitrogens with one attached hydrogen (secondary N) is 1. The minimum absolute atomic E-state index is 0.0265. The molecule has 13 heteroatoms. The first-order chi connectivity index (χ1) is 23.4. The molecule has 1 aromatic heterocycles. The summed E-state index contributed by atoms with van der Waals surface area (Å²) < 4.78 is 79.0. The number of aliphatic carboxylic acids is 1. The van der Waals surface area contributed by atoms with Crippen LogP contribution in [-0.4, -0.2) is 58.3 Å². The third kappa shape index (κ3) is 8.26. The summed E-state index contributed by atoms with van der Waals surface area (Å²) in [4.78, 5) is 41.4. The molecule has 0 saturated carbocycles. The summed E-state index contributed by atoms with van der Waals surface area (Å²) in [5.74, 6) is -3.61. The number of carboxylic acids is 1. The Morgan fingerprint density at radius 2 is 1.62 bits per heavy atom. The Hall–Kier alpha value is -4.10. The monoisotopic (exact) mass is 703 g/mol. The third-order valence-corrected chi connectivity index (χ3v) is 9.47. The number of hydrogen-bond acceptors (Lipinski definition) is 5. The van der Waals surface area contributed by atoms with Crippen molar-refractivity contribution in [2.75, 3.05) is 19.6 Å². The lowest BCUT2D eigenvalue weighted by molar-refractivity contribution is -0.180. The molecule has 0 radical (unpaired) electrons. The van der Waals surface area contributed by atoms with Crippen LogP contribution in [0.5, 0.6) is 0 Å². The van der Waals surface area contributed by atoms with Crippen LogP contribution in [0.25, 0.3) is 11.1 Å². The van der Waals surface area contributed by atoms with Crippen molar-refractivity contribution in [3.8, 4) is 11.1 Å². The van der Waals surface area contributed by atoms with Crippen LogP contribution in [0, 0.1) is 38.3 Å². The molecule has 6 rings (SSSR count). The van der Waals surface area contributed by atoms with Gasteiger partial charge in [0, 0.05) is 43.9 Å². The lowest BCUT2D eigenvalue weighted by atomic mass is 9.90. The first-order valence-electron chi connectivity index (χ1n) is 16.7. The van der Waals surface area contributed by atoms with E-state index in [4.69, 9.17) is 4.74 Å². The van der Waals surface area contributed by atoms with Gasteiger partial charge < -0.3 is 19.7 Å². The quantitative estimate of drug-likeness (QED) is 0.205. The number of rotatable bonds is 12. The number of ether oxygens (including phenoxy) is 1. The number of benzene rings is 2. The number of carboxylic acid groups (broad SMARTS) is 1. The molecule has 3 saturated heterocycles. The van der Waals surface area contributed by atoms with Gasteiger partial charge in [0.1, 0.15) is 17.7 Å². The number of carbonyl (C=O) groups is 2. The van der Waals surface area contributed by atoms with Gasteiger partial charge in [0.05, 0.1) is 30.2 Å². The zero-order valence-corrected chi connectivity index (χ0v) is 28.7. The Morgan fingerprint density at radius 1 is 1.00 bits per heavy atom. The molecule has 4 atom stereocenters. The normalized spacial score (nSPS) is 18.9. The number of fused-ring (bicyclic) bond motifs is 2. The number of aryl methyl sites for hydroxylation is 3. The van der Waals surface area contributed by atoms with Gasteiger partial charge in [-0.2, -0.15) is 13.2 Å². The van der Waals surface area contributed by atoms with Gasteiger partial charge in [-0.25, -0.2) is 8.78 Å². The first-order valence-corrected chi connectivity index (χ1v) is 16.7. The fraction of sp³-hybridized carbons (Fsp3) is 0.486. The molecule has 4 heterocycles. The molecular formula is C37H42F5N3O5. The topological polar surface area (TPSA) is 101 Å². The van der Waals surface area contributed by atoms with E-state index >= 15 is 4.39 Å². The number of alkyl halides is 3. The van der Waals surface area contributed by atoms with Crippen molar-refractivity contribution in [1.82, 2.24) is 14.8 Å². The summed E-state index contributed by atoms with van der Waals surface area (Å²) in [6.45, 7) is 9.90. The van der Waals surface area contributed by atoms with Gasteiger partial charge in [-0.3, -0.25) is 19.3 Å². The number of pyridine rings is 1. The van der Waals surface area contributed by atoms with Crippen LogP contribution in [0.4, 0.5) is 22.0 Å². The molecule has 3 aliphatic heterocycles. The maximum Gasteiger partial charge on any atom is 0.416 e. The van der Waals surface area contributed by atoms with Gasteiger partial charge in [0.15, 0.2) is 0 Å². The van der Waals surface area contributed by atoms with Crippen LogP contribution in [0.3, 0.4) is 0 Å². The predicted molar refractivity (Wildman–Crippen MR) is 177 cm³/mol. The van der Waals surface area contributed by atoms with E-state index < -0.39 is 59.3 Å². The second kappa shape index (κ2) is 14.6. The Morgan fingerprint density at radius 3 is 2.18 bits per heavy atom. The smallest absolute Gasteiger partial charge is 0.416 e. The number of aromatic nitrogens is 1. The summed E-state index contributed by atoms with van der Waals surface area (Å²) in [5, 5.41) is 12.4. The molecule has 3 aliphatic rings. The van der Waals surface area contributed by atoms with Gasteiger partial charge in [-0.15, -0.1) is 0 Å². The highest BCUT2D eigenvalue weighted by molar-refractivity contribution is 5.82. The van der Waals surface area contributed by atoms with E-state index in [9.17, 15) is 37.1 Å². The van der Waals surface area contributed by atoms with Crippen LogP contribution in [0.1, 0.15) is 78.6 Å². The fourth-order valence-corrected chi connectivity index (χ4v) is 7.23. The molecule has 50 heavy (non-hydrogen) atoms. The average Bonchev–Trinajstić information content (AvgIpc) is 2.99. The molecule has 270 valence electrons. The standard InChI is InChI=1S/C37H42F5N3O5/c1-19(2)8-31(45-16-23(29(14-32(45)46)37(40,41)42)6-7-44-17-26-13-27(18-44)50-26)36(49)43-30(15-33(47)48)28-12-24(9-22(5)35(28)39)34-20(3)10-25(38)11-21(34)4/h9-12,14,16,19,26-27,30-31H,6-8,13,15,17-18H2,1-5H3,(H,43,49)(H,47,48)/t26?,27?,30-,31+/m1/s1. The SMILES string of the molecule is Cc1cc(-c2c(C)cc(F)cc2C)cc([C@@H](CC(=O)O)NC(=O)[C@H](CC(C)C)n2cc(CCN3CC4CC(C3)O4)c(C(F)(F)F)cc2=O)c1F. The summed E-state index contributed by atoms with van der Waals surface area (Å²) >= 11 is 0.